The van der Waals surface area contributed by atoms with Crippen molar-refractivity contribution in [1.82, 2.24) is 4.57 Å². The molecule has 33 heavy (non-hydrogen) atoms. The maximum atomic E-state index is 13.3. The van der Waals surface area contributed by atoms with E-state index in [1.807, 2.05) is 60.8 Å². The molecule has 0 saturated carbocycles. The highest BCUT2D eigenvalue weighted by molar-refractivity contribution is 8.27. The summed E-state index contributed by atoms with van der Waals surface area (Å²) in [4.78, 5) is 15.1. The molecule has 2 heterocycles. The van der Waals surface area contributed by atoms with E-state index in [4.69, 9.17) is 17.0 Å². The second-order valence-electron chi connectivity index (χ2n) is 7.45. The van der Waals surface area contributed by atoms with Gasteiger partial charge in [0.2, 0.25) is 0 Å². The van der Waals surface area contributed by atoms with Gasteiger partial charge in [-0.1, -0.05) is 60.4 Å². The fourth-order valence-electron chi connectivity index (χ4n) is 3.78. The van der Waals surface area contributed by atoms with Crippen LogP contribution in [0.1, 0.15) is 5.56 Å². The summed E-state index contributed by atoms with van der Waals surface area (Å²) in [6.45, 7) is 1.19. The predicted molar refractivity (Wildman–Crippen MR) is 136 cm³/mol. The number of hydrogen-bond donors (Lipinski definition) is 0. The summed E-state index contributed by atoms with van der Waals surface area (Å²) in [6, 6.07) is 23.5. The Labute approximate surface area is 200 Å². The number of fused-ring (bicyclic) bond motifs is 1. The number of para-hydroxylation sites is 2. The van der Waals surface area contributed by atoms with Crippen LogP contribution < -0.4 is 9.64 Å². The zero-order valence-electron chi connectivity index (χ0n) is 17.5. The van der Waals surface area contributed by atoms with E-state index in [0.29, 0.717) is 28.1 Å². The number of thioether (sulfide) groups is 1. The van der Waals surface area contributed by atoms with Crippen LogP contribution in [0.3, 0.4) is 0 Å². The largest absolute Gasteiger partial charge is 0.492 e. The molecule has 1 fully saturated rings. The topological polar surface area (TPSA) is 34.5 Å². The SMILES string of the molecule is O=C1/C(=C/c2cn(CCOc3ccccc3)c3ccccc23)SC(=S)N1c1ccc(F)cc1. The minimum atomic E-state index is -0.358. The summed E-state index contributed by atoms with van der Waals surface area (Å²) in [6.07, 6.45) is 3.91. The highest BCUT2D eigenvalue weighted by Crippen LogP contribution is 2.37. The van der Waals surface area contributed by atoms with Gasteiger partial charge in [0.15, 0.2) is 4.32 Å². The first-order chi connectivity index (χ1) is 16.1. The maximum absolute atomic E-state index is 13.3. The third-order valence-corrected chi connectivity index (χ3v) is 6.63. The third kappa shape index (κ3) is 4.42. The first kappa shape index (κ1) is 21.4. The van der Waals surface area contributed by atoms with Crippen LogP contribution in [0.25, 0.3) is 17.0 Å². The molecule has 0 N–H and O–H groups in total. The Balaban J connectivity index is 1.41. The van der Waals surface area contributed by atoms with Gasteiger partial charge in [-0.2, -0.15) is 0 Å². The van der Waals surface area contributed by atoms with Crippen LogP contribution >= 0.6 is 24.0 Å². The number of amides is 1. The van der Waals surface area contributed by atoms with Crippen molar-refractivity contribution in [1.29, 1.82) is 0 Å². The van der Waals surface area contributed by atoms with Crippen LogP contribution in [0, 0.1) is 5.82 Å². The monoisotopic (exact) mass is 474 g/mol. The summed E-state index contributed by atoms with van der Waals surface area (Å²) in [7, 11) is 0. The Morgan fingerprint density at radius 3 is 2.48 bits per heavy atom. The third-order valence-electron chi connectivity index (χ3n) is 5.33. The van der Waals surface area contributed by atoms with Crippen LogP contribution in [-0.4, -0.2) is 21.4 Å². The number of hydrogen-bond acceptors (Lipinski definition) is 4. The molecule has 7 heteroatoms. The zero-order valence-corrected chi connectivity index (χ0v) is 19.1. The number of nitrogens with zero attached hydrogens (tertiary/aromatic N) is 2. The van der Waals surface area contributed by atoms with Gasteiger partial charge in [-0.15, -0.1) is 0 Å². The number of carbonyl (C=O) groups excluding carboxylic acids is 1. The molecule has 0 bridgehead atoms. The van der Waals surface area contributed by atoms with E-state index < -0.39 is 0 Å². The fraction of sp³-hybridized carbons (Fsp3) is 0.0769. The summed E-state index contributed by atoms with van der Waals surface area (Å²) in [5.41, 5.74) is 2.56. The van der Waals surface area contributed by atoms with Crippen molar-refractivity contribution in [2.45, 2.75) is 6.54 Å². The lowest BCUT2D eigenvalue weighted by atomic mass is 10.1. The Bertz CT molecular complexity index is 1360. The zero-order chi connectivity index (χ0) is 22.8. The van der Waals surface area contributed by atoms with Gasteiger partial charge in [0.25, 0.3) is 5.91 Å². The smallest absolute Gasteiger partial charge is 0.270 e. The van der Waals surface area contributed by atoms with E-state index in [-0.39, 0.29) is 11.7 Å². The Morgan fingerprint density at radius 1 is 0.970 bits per heavy atom. The van der Waals surface area contributed by atoms with Crippen molar-refractivity contribution in [3.63, 3.8) is 0 Å². The van der Waals surface area contributed by atoms with Gasteiger partial charge in [-0.3, -0.25) is 9.69 Å². The lowest BCUT2D eigenvalue weighted by Crippen LogP contribution is -2.27. The molecule has 0 spiro atoms. The summed E-state index contributed by atoms with van der Waals surface area (Å²) >= 11 is 6.69. The van der Waals surface area contributed by atoms with E-state index in [2.05, 4.69) is 10.6 Å². The standard InChI is InChI=1S/C26H19FN2O2S2/c27-19-10-12-20(13-11-19)29-25(30)24(33-26(29)32)16-18-17-28(23-9-5-4-8-22(18)23)14-15-31-21-6-2-1-3-7-21/h1-13,16-17H,14-15H2/b24-16-. The Morgan fingerprint density at radius 2 is 1.70 bits per heavy atom. The molecule has 1 saturated heterocycles. The van der Waals surface area contributed by atoms with E-state index in [9.17, 15) is 9.18 Å². The van der Waals surface area contributed by atoms with Crippen molar-refractivity contribution in [3.8, 4) is 5.75 Å². The van der Waals surface area contributed by atoms with E-state index in [1.54, 1.807) is 12.1 Å². The second kappa shape index (κ2) is 9.21. The van der Waals surface area contributed by atoms with Gasteiger partial charge in [-0.05, 0) is 48.5 Å². The molecule has 1 aliphatic rings. The highest BCUT2D eigenvalue weighted by Gasteiger charge is 2.33. The molecule has 5 rings (SSSR count). The quantitative estimate of drug-likeness (QED) is 0.244. The number of carbonyl (C=O) groups is 1. The first-order valence-electron chi connectivity index (χ1n) is 10.4. The number of anilines is 1. The van der Waals surface area contributed by atoms with Gasteiger partial charge in [0.1, 0.15) is 18.2 Å². The van der Waals surface area contributed by atoms with Crippen LogP contribution in [0.15, 0.2) is 90.0 Å². The molecule has 0 radical (unpaired) electrons. The van der Waals surface area contributed by atoms with Crippen LogP contribution in [0.5, 0.6) is 5.75 Å². The number of aromatic nitrogens is 1. The molecule has 0 atom stereocenters. The van der Waals surface area contributed by atoms with Gasteiger partial charge >= 0.3 is 0 Å². The van der Waals surface area contributed by atoms with Crippen molar-refractivity contribution in [2.24, 2.45) is 0 Å². The molecule has 0 aliphatic carbocycles. The Hall–Kier alpha value is -3.42. The van der Waals surface area contributed by atoms with E-state index in [0.717, 1.165) is 22.2 Å². The molecule has 1 amide bonds. The average molecular weight is 475 g/mol. The molecule has 1 aromatic heterocycles. The molecule has 1 aliphatic heterocycles. The molecular weight excluding hydrogens is 455 g/mol. The van der Waals surface area contributed by atoms with Gasteiger partial charge in [0, 0.05) is 22.7 Å². The van der Waals surface area contributed by atoms with Crippen molar-refractivity contribution in [2.75, 3.05) is 11.5 Å². The molecule has 164 valence electrons. The molecular formula is C26H19FN2O2S2. The van der Waals surface area contributed by atoms with Crippen molar-refractivity contribution in [3.05, 3.63) is 101 Å². The fourth-order valence-corrected chi connectivity index (χ4v) is 5.07. The molecule has 4 aromatic rings. The predicted octanol–water partition coefficient (Wildman–Crippen LogP) is 6.27. The summed E-state index contributed by atoms with van der Waals surface area (Å²) in [5.74, 6) is 0.267. The van der Waals surface area contributed by atoms with Gasteiger partial charge < -0.3 is 9.30 Å². The minimum Gasteiger partial charge on any atom is -0.492 e. The van der Waals surface area contributed by atoms with Gasteiger partial charge in [0.05, 0.1) is 17.1 Å². The van der Waals surface area contributed by atoms with E-state index >= 15 is 0 Å². The normalized spacial score (nSPS) is 15.1. The van der Waals surface area contributed by atoms with Crippen molar-refractivity contribution >= 4 is 56.9 Å². The van der Waals surface area contributed by atoms with E-state index in [1.165, 1.54) is 28.8 Å². The number of benzene rings is 3. The van der Waals surface area contributed by atoms with Crippen LogP contribution in [0.2, 0.25) is 0 Å². The minimum absolute atomic E-state index is 0.208. The lowest BCUT2D eigenvalue weighted by molar-refractivity contribution is -0.113. The number of halogens is 1. The lowest BCUT2D eigenvalue weighted by Gasteiger charge is -2.14. The second-order valence-corrected chi connectivity index (χ2v) is 9.13. The molecule has 3 aromatic carbocycles. The average Bonchev–Trinajstić information content (AvgIpc) is 3.32. The Kier molecular flexibility index (Phi) is 5.98. The number of rotatable bonds is 6. The number of thiocarbonyl (C=S) groups is 1. The van der Waals surface area contributed by atoms with Gasteiger partial charge in [-0.25, -0.2) is 4.39 Å². The molecule has 0 unspecified atom stereocenters. The van der Waals surface area contributed by atoms with Crippen molar-refractivity contribution < 1.29 is 13.9 Å². The first-order valence-corrected chi connectivity index (χ1v) is 11.6. The van der Waals surface area contributed by atoms with Crippen LogP contribution in [-0.2, 0) is 11.3 Å². The highest BCUT2D eigenvalue weighted by atomic mass is 32.2. The van der Waals surface area contributed by atoms with Crippen LogP contribution in [0.4, 0.5) is 10.1 Å². The summed E-state index contributed by atoms with van der Waals surface area (Å²) < 4.78 is 21.7. The number of ether oxygens (including phenoxy) is 1. The summed E-state index contributed by atoms with van der Waals surface area (Å²) in [5, 5.41) is 1.05. The molecule has 4 nitrogen and oxygen atoms in total. The maximum Gasteiger partial charge on any atom is 0.270 e.